The number of hydrogen-bond donors (Lipinski definition) is 0. The highest BCUT2D eigenvalue weighted by Crippen LogP contribution is 2.42. The zero-order chi connectivity index (χ0) is 16.9. The third kappa shape index (κ3) is 2.62. The van der Waals surface area contributed by atoms with E-state index in [0.717, 1.165) is 5.56 Å². The van der Waals surface area contributed by atoms with Gasteiger partial charge in [-0.1, -0.05) is 26.0 Å². The van der Waals surface area contributed by atoms with Crippen molar-refractivity contribution in [1.29, 1.82) is 0 Å². The molecule has 1 heterocycles. The van der Waals surface area contributed by atoms with Crippen LogP contribution in [0.4, 0.5) is 10.5 Å². The number of aryl methyl sites for hydroxylation is 1. The molecule has 0 fully saturated rings. The number of carbonyl (C=O) groups is 2. The average molecular weight is 303 g/mol. The summed E-state index contributed by atoms with van der Waals surface area (Å²) >= 11 is 0. The van der Waals surface area contributed by atoms with Crippen LogP contribution in [0.5, 0.6) is 0 Å². The van der Waals surface area contributed by atoms with Crippen LogP contribution in [-0.2, 0) is 4.74 Å². The molecule has 1 aliphatic heterocycles. The molecule has 0 saturated carbocycles. The molecule has 1 aliphatic rings. The summed E-state index contributed by atoms with van der Waals surface area (Å²) in [6.07, 6.45) is -0.406. The maximum Gasteiger partial charge on any atom is 0.415 e. The molecule has 22 heavy (non-hydrogen) atoms. The molecule has 1 aromatic rings. The number of amides is 1. The normalized spacial score (nSPS) is 20.6. The minimum absolute atomic E-state index is 0.0681. The van der Waals surface area contributed by atoms with Crippen molar-refractivity contribution in [2.75, 3.05) is 4.90 Å². The first-order valence-corrected chi connectivity index (χ1v) is 7.63. The van der Waals surface area contributed by atoms with E-state index < -0.39 is 17.1 Å². The van der Waals surface area contributed by atoms with E-state index in [-0.39, 0.29) is 11.8 Å². The van der Waals surface area contributed by atoms with Crippen LogP contribution in [0.2, 0.25) is 0 Å². The van der Waals surface area contributed by atoms with E-state index in [2.05, 4.69) is 0 Å². The van der Waals surface area contributed by atoms with Crippen LogP contribution in [0, 0.1) is 12.3 Å². The van der Waals surface area contributed by atoms with Crippen LogP contribution in [-0.4, -0.2) is 23.5 Å². The summed E-state index contributed by atoms with van der Waals surface area (Å²) in [5.74, 6) is 0.0681. The van der Waals surface area contributed by atoms with E-state index in [4.69, 9.17) is 4.74 Å². The SMILES string of the molecule is Cc1cccc2c1N(C(=O)OC(C)(C)C)C(C)C(C)(C)C2=O. The summed E-state index contributed by atoms with van der Waals surface area (Å²) in [4.78, 5) is 27.1. The lowest BCUT2D eigenvalue weighted by Crippen LogP contribution is -2.55. The zero-order valence-corrected chi connectivity index (χ0v) is 14.5. The highest BCUT2D eigenvalue weighted by atomic mass is 16.6. The second kappa shape index (κ2) is 5.11. The van der Waals surface area contributed by atoms with Gasteiger partial charge in [0.05, 0.1) is 5.69 Å². The molecule has 0 aromatic heterocycles. The Balaban J connectivity index is 2.60. The topological polar surface area (TPSA) is 46.6 Å². The largest absolute Gasteiger partial charge is 0.443 e. The third-order valence-electron chi connectivity index (χ3n) is 4.33. The van der Waals surface area contributed by atoms with Gasteiger partial charge in [-0.15, -0.1) is 0 Å². The number of rotatable bonds is 0. The van der Waals surface area contributed by atoms with Crippen LogP contribution < -0.4 is 4.90 Å². The highest BCUT2D eigenvalue weighted by Gasteiger charge is 2.47. The predicted octanol–water partition coefficient (Wildman–Crippen LogP) is 4.35. The first kappa shape index (κ1) is 16.5. The number of hydrogen-bond acceptors (Lipinski definition) is 3. The summed E-state index contributed by atoms with van der Waals surface area (Å²) in [5.41, 5.74) is 0.935. The fourth-order valence-electron chi connectivity index (χ4n) is 2.78. The molecule has 1 atom stereocenters. The number of nitrogens with zero attached hydrogens (tertiary/aromatic N) is 1. The number of para-hydroxylation sites is 1. The number of fused-ring (bicyclic) bond motifs is 1. The van der Waals surface area contributed by atoms with Crippen LogP contribution in [0.3, 0.4) is 0 Å². The highest BCUT2D eigenvalue weighted by molar-refractivity contribution is 6.11. The molecule has 4 nitrogen and oxygen atoms in total. The molecule has 0 bridgehead atoms. The van der Waals surface area contributed by atoms with Gasteiger partial charge < -0.3 is 4.74 Å². The smallest absolute Gasteiger partial charge is 0.415 e. The Bertz CT molecular complexity index is 626. The van der Waals surface area contributed by atoms with Gasteiger partial charge in [-0.2, -0.15) is 0 Å². The van der Waals surface area contributed by atoms with Gasteiger partial charge in [0.2, 0.25) is 0 Å². The minimum atomic E-state index is -0.655. The lowest BCUT2D eigenvalue weighted by molar-refractivity contribution is 0.0521. The Morgan fingerprint density at radius 1 is 1.27 bits per heavy atom. The van der Waals surface area contributed by atoms with Gasteiger partial charge in [-0.05, 0) is 46.2 Å². The summed E-state index contributed by atoms with van der Waals surface area (Å²) in [7, 11) is 0. The van der Waals surface area contributed by atoms with Crippen LogP contribution in [0.25, 0.3) is 0 Å². The molecule has 1 unspecified atom stereocenters. The molecular weight excluding hydrogens is 278 g/mol. The lowest BCUT2D eigenvalue weighted by Gasteiger charge is -2.44. The van der Waals surface area contributed by atoms with E-state index in [1.165, 1.54) is 0 Å². The van der Waals surface area contributed by atoms with E-state index in [1.54, 1.807) is 11.0 Å². The van der Waals surface area contributed by atoms with Gasteiger partial charge in [0.15, 0.2) is 5.78 Å². The Labute approximate surface area is 132 Å². The van der Waals surface area contributed by atoms with E-state index in [1.807, 2.05) is 60.6 Å². The molecule has 0 spiro atoms. The predicted molar refractivity (Wildman–Crippen MR) is 87.5 cm³/mol. The van der Waals surface area contributed by atoms with Crippen LogP contribution in [0.1, 0.15) is 57.5 Å². The van der Waals surface area contributed by atoms with Gasteiger partial charge in [-0.3, -0.25) is 9.69 Å². The Hall–Kier alpha value is -1.84. The number of ketones is 1. The summed E-state index contributed by atoms with van der Waals surface area (Å²) < 4.78 is 5.56. The monoisotopic (exact) mass is 303 g/mol. The van der Waals surface area contributed by atoms with Crippen molar-refractivity contribution in [3.8, 4) is 0 Å². The minimum Gasteiger partial charge on any atom is -0.443 e. The van der Waals surface area contributed by atoms with Crippen molar-refractivity contribution in [3.05, 3.63) is 29.3 Å². The maximum atomic E-state index is 12.8. The number of anilines is 1. The lowest BCUT2D eigenvalue weighted by atomic mass is 9.73. The fourth-order valence-corrected chi connectivity index (χ4v) is 2.78. The second-order valence-electron chi connectivity index (χ2n) is 7.55. The standard InChI is InChI=1S/C18H25NO3/c1-11-9-8-10-13-14(11)19(16(21)22-17(3,4)5)12(2)18(6,7)15(13)20/h8-10,12H,1-7H3. The molecule has 0 aliphatic carbocycles. The van der Waals surface area contributed by atoms with Gasteiger partial charge in [0.1, 0.15) is 5.60 Å². The van der Waals surface area contributed by atoms with Gasteiger partial charge in [0.25, 0.3) is 0 Å². The molecular formula is C18H25NO3. The Morgan fingerprint density at radius 3 is 2.41 bits per heavy atom. The van der Waals surface area contributed by atoms with E-state index >= 15 is 0 Å². The average Bonchev–Trinajstić information content (AvgIpc) is 2.36. The molecule has 1 aromatic carbocycles. The van der Waals surface area contributed by atoms with Crippen LogP contribution in [0.15, 0.2) is 18.2 Å². The molecule has 0 radical (unpaired) electrons. The fraction of sp³-hybridized carbons (Fsp3) is 0.556. The zero-order valence-electron chi connectivity index (χ0n) is 14.5. The van der Waals surface area contributed by atoms with Gasteiger partial charge in [-0.25, -0.2) is 4.79 Å². The molecule has 120 valence electrons. The van der Waals surface area contributed by atoms with Crippen molar-refractivity contribution >= 4 is 17.6 Å². The Morgan fingerprint density at radius 2 is 1.86 bits per heavy atom. The second-order valence-corrected chi connectivity index (χ2v) is 7.55. The summed E-state index contributed by atoms with van der Waals surface area (Å²) in [6.45, 7) is 13.1. The first-order valence-electron chi connectivity index (χ1n) is 7.63. The van der Waals surface area contributed by atoms with Crippen molar-refractivity contribution in [3.63, 3.8) is 0 Å². The molecule has 2 rings (SSSR count). The number of Topliss-reactive ketones (excluding diaryl/α,β-unsaturated/α-hetero) is 1. The first-order chi connectivity index (χ1) is 9.97. The molecule has 0 saturated heterocycles. The van der Waals surface area contributed by atoms with Crippen molar-refractivity contribution in [2.24, 2.45) is 5.41 Å². The van der Waals surface area contributed by atoms with Crippen molar-refractivity contribution in [1.82, 2.24) is 0 Å². The van der Waals surface area contributed by atoms with Crippen molar-refractivity contribution < 1.29 is 14.3 Å². The summed E-state index contributed by atoms with van der Waals surface area (Å²) in [5, 5.41) is 0. The Kier molecular flexibility index (Phi) is 3.84. The molecule has 4 heteroatoms. The maximum absolute atomic E-state index is 12.8. The number of ether oxygens (including phenoxy) is 1. The third-order valence-corrected chi connectivity index (χ3v) is 4.33. The van der Waals surface area contributed by atoms with Crippen LogP contribution >= 0.6 is 0 Å². The summed E-state index contributed by atoms with van der Waals surface area (Å²) in [6, 6.07) is 5.28. The molecule has 0 N–H and O–H groups in total. The van der Waals surface area contributed by atoms with E-state index in [0.29, 0.717) is 11.3 Å². The number of benzene rings is 1. The number of carbonyl (C=O) groups excluding carboxylic acids is 2. The van der Waals surface area contributed by atoms with Crippen molar-refractivity contribution in [2.45, 2.75) is 60.1 Å². The quantitative estimate of drug-likeness (QED) is 0.716. The molecule has 1 amide bonds. The van der Waals surface area contributed by atoms with Gasteiger partial charge in [0, 0.05) is 17.0 Å². The van der Waals surface area contributed by atoms with E-state index in [9.17, 15) is 9.59 Å². The van der Waals surface area contributed by atoms with Gasteiger partial charge >= 0.3 is 6.09 Å².